The molecule has 0 aromatic heterocycles. The van der Waals surface area contributed by atoms with E-state index >= 15 is 0 Å². The van der Waals surface area contributed by atoms with E-state index in [1.54, 1.807) is 0 Å². The summed E-state index contributed by atoms with van der Waals surface area (Å²) in [6.07, 6.45) is 5.87. The number of benzene rings is 1. The van der Waals surface area contributed by atoms with E-state index in [1.165, 1.54) is 24.0 Å². The van der Waals surface area contributed by atoms with Crippen LogP contribution < -0.4 is 0 Å². The first-order valence-corrected chi connectivity index (χ1v) is 5.80. The van der Waals surface area contributed by atoms with Crippen LogP contribution in [0.5, 0.6) is 0 Å². The number of rotatable bonds is 1. The Bertz CT molecular complexity index is 447. The predicted molar refractivity (Wildman–Crippen MR) is 66.1 cm³/mol. The number of allylic oxidation sites excluding steroid dienone is 2. The highest BCUT2D eigenvalue weighted by Crippen LogP contribution is 2.38. The first kappa shape index (κ1) is 11.0. The Morgan fingerprint density at radius 2 is 1.94 bits per heavy atom. The normalized spacial score (nSPS) is 24.7. The lowest BCUT2D eigenvalue weighted by atomic mass is 9.72. The third-order valence-electron chi connectivity index (χ3n) is 3.68. The summed E-state index contributed by atoms with van der Waals surface area (Å²) in [7, 11) is 0. The van der Waals surface area contributed by atoms with E-state index in [0.29, 0.717) is 0 Å². The number of hydrogen-bond donors (Lipinski definition) is 0. The molecule has 0 N–H and O–H groups in total. The van der Waals surface area contributed by atoms with Gasteiger partial charge < -0.3 is 0 Å². The number of nitriles is 1. The second kappa shape index (κ2) is 4.14. The smallest absolute Gasteiger partial charge is 0.0991 e. The Balaban J connectivity index is 2.27. The van der Waals surface area contributed by atoms with E-state index < -0.39 is 0 Å². The minimum Gasteiger partial charge on any atom is -0.192 e. The van der Waals surface area contributed by atoms with Crippen molar-refractivity contribution in [2.45, 2.75) is 38.5 Å². The van der Waals surface area contributed by atoms with Crippen molar-refractivity contribution in [3.05, 3.63) is 47.0 Å². The molecule has 1 nitrogen and oxygen atoms in total. The summed E-state index contributed by atoms with van der Waals surface area (Å²) in [5, 5.41) is 8.78. The Morgan fingerprint density at radius 1 is 1.25 bits per heavy atom. The molecule has 16 heavy (non-hydrogen) atoms. The van der Waals surface area contributed by atoms with Crippen molar-refractivity contribution in [1.29, 1.82) is 5.26 Å². The molecule has 0 fully saturated rings. The second-order valence-corrected chi connectivity index (χ2v) is 5.00. The maximum atomic E-state index is 8.78. The van der Waals surface area contributed by atoms with Gasteiger partial charge in [-0.2, -0.15) is 5.26 Å². The van der Waals surface area contributed by atoms with Crippen LogP contribution >= 0.6 is 0 Å². The number of nitrogens with zero attached hydrogens (tertiary/aromatic N) is 1. The molecule has 0 saturated heterocycles. The van der Waals surface area contributed by atoms with Crippen molar-refractivity contribution in [1.82, 2.24) is 0 Å². The summed E-state index contributed by atoms with van der Waals surface area (Å²) < 4.78 is 0. The van der Waals surface area contributed by atoms with E-state index in [4.69, 9.17) is 5.26 Å². The SMILES string of the molecule is CC1=CCC(C)(c2ccc(C#N)cc2)CC1. The van der Waals surface area contributed by atoms with Crippen LogP contribution in [0.15, 0.2) is 35.9 Å². The summed E-state index contributed by atoms with van der Waals surface area (Å²) in [6, 6.07) is 10.2. The lowest BCUT2D eigenvalue weighted by molar-refractivity contribution is 0.419. The minimum atomic E-state index is 0.257. The van der Waals surface area contributed by atoms with Gasteiger partial charge in [0, 0.05) is 0 Å². The van der Waals surface area contributed by atoms with Crippen molar-refractivity contribution in [2.24, 2.45) is 0 Å². The molecular formula is C15H17N. The molecule has 1 aliphatic carbocycles. The van der Waals surface area contributed by atoms with Gasteiger partial charge in [-0.1, -0.05) is 30.7 Å². The molecule has 0 heterocycles. The van der Waals surface area contributed by atoms with Crippen molar-refractivity contribution < 1.29 is 0 Å². The van der Waals surface area contributed by atoms with Crippen molar-refractivity contribution in [2.75, 3.05) is 0 Å². The lowest BCUT2D eigenvalue weighted by Crippen LogP contribution is -2.23. The molecule has 1 aromatic carbocycles. The standard InChI is InChI=1S/C15H17N/c1-12-7-9-15(2,10-8-12)14-5-3-13(11-16)4-6-14/h3-7H,8-10H2,1-2H3. The topological polar surface area (TPSA) is 23.8 Å². The molecule has 0 spiro atoms. The van der Waals surface area contributed by atoms with Gasteiger partial charge in [0.25, 0.3) is 0 Å². The molecule has 0 amide bonds. The highest BCUT2D eigenvalue weighted by atomic mass is 14.3. The molecule has 0 aliphatic heterocycles. The van der Waals surface area contributed by atoms with E-state index in [9.17, 15) is 0 Å². The summed E-state index contributed by atoms with van der Waals surface area (Å²) in [6.45, 7) is 4.52. The van der Waals surface area contributed by atoms with Crippen LogP contribution in [-0.2, 0) is 5.41 Å². The van der Waals surface area contributed by atoms with Crippen LogP contribution in [0.4, 0.5) is 0 Å². The van der Waals surface area contributed by atoms with Crippen molar-refractivity contribution >= 4 is 0 Å². The van der Waals surface area contributed by atoms with Gasteiger partial charge >= 0.3 is 0 Å². The van der Waals surface area contributed by atoms with Crippen molar-refractivity contribution in [3.8, 4) is 6.07 Å². The maximum Gasteiger partial charge on any atom is 0.0991 e. The summed E-state index contributed by atoms with van der Waals surface area (Å²) in [4.78, 5) is 0. The molecular weight excluding hydrogens is 194 g/mol. The van der Waals surface area contributed by atoms with E-state index in [2.05, 4.69) is 38.1 Å². The first-order chi connectivity index (χ1) is 7.64. The molecule has 1 atom stereocenters. The zero-order valence-corrected chi connectivity index (χ0v) is 9.96. The fraction of sp³-hybridized carbons (Fsp3) is 0.400. The lowest BCUT2D eigenvalue weighted by Gasteiger charge is -2.33. The molecule has 0 saturated carbocycles. The average molecular weight is 211 g/mol. The molecule has 2 rings (SSSR count). The van der Waals surface area contributed by atoms with Crippen LogP contribution in [0.1, 0.15) is 44.2 Å². The summed E-state index contributed by atoms with van der Waals surface area (Å²) in [5.74, 6) is 0. The molecule has 1 aromatic rings. The van der Waals surface area contributed by atoms with Gasteiger partial charge in [-0.05, 0) is 49.3 Å². The first-order valence-electron chi connectivity index (χ1n) is 5.80. The zero-order valence-electron chi connectivity index (χ0n) is 9.96. The fourth-order valence-corrected chi connectivity index (χ4v) is 2.29. The molecule has 1 aliphatic rings. The van der Waals surface area contributed by atoms with Gasteiger partial charge in [-0.25, -0.2) is 0 Å². The molecule has 0 bridgehead atoms. The third-order valence-corrected chi connectivity index (χ3v) is 3.68. The Morgan fingerprint density at radius 3 is 2.44 bits per heavy atom. The van der Waals surface area contributed by atoms with Gasteiger partial charge in [-0.15, -0.1) is 0 Å². The van der Waals surface area contributed by atoms with E-state index in [1.807, 2.05) is 12.1 Å². The van der Waals surface area contributed by atoms with Gasteiger partial charge in [0.15, 0.2) is 0 Å². The highest BCUT2D eigenvalue weighted by Gasteiger charge is 2.27. The Kier molecular flexibility index (Phi) is 2.83. The summed E-state index contributed by atoms with van der Waals surface area (Å²) >= 11 is 0. The average Bonchev–Trinajstić information content (AvgIpc) is 2.33. The minimum absolute atomic E-state index is 0.257. The second-order valence-electron chi connectivity index (χ2n) is 5.00. The van der Waals surface area contributed by atoms with Gasteiger partial charge in [0.2, 0.25) is 0 Å². The largest absolute Gasteiger partial charge is 0.192 e. The van der Waals surface area contributed by atoms with Gasteiger partial charge in [0.05, 0.1) is 11.6 Å². The Labute approximate surface area is 97.4 Å². The van der Waals surface area contributed by atoms with Crippen LogP contribution in [0.2, 0.25) is 0 Å². The van der Waals surface area contributed by atoms with Crippen LogP contribution in [0.3, 0.4) is 0 Å². The zero-order chi connectivity index (χ0) is 11.6. The third kappa shape index (κ3) is 2.02. The molecule has 1 unspecified atom stereocenters. The van der Waals surface area contributed by atoms with Crippen molar-refractivity contribution in [3.63, 3.8) is 0 Å². The number of hydrogen-bond acceptors (Lipinski definition) is 1. The van der Waals surface area contributed by atoms with Crippen LogP contribution in [0, 0.1) is 11.3 Å². The highest BCUT2D eigenvalue weighted by molar-refractivity contribution is 5.36. The fourth-order valence-electron chi connectivity index (χ4n) is 2.29. The molecule has 1 heteroatoms. The van der Waals surface area contributed by atoms with Gasteiger partial charge in [0.1, 0.15) is 0 Å². The molecule has 0 radical (unpaired) electrons. The van der Waals surface area contributed by atoms with Gasteiger partial charge in [-0.3, -0.25) is 0 Å². The maximum absolute atomic E-state index is 8.78. The monoisotopic (exact) mass is 211 g/mol. The van der Waals surface area contributed by atoms with Crippen LogP contribution in [0.25, 0.3) is 0 Å². The quantitative estimate of drug-likeness (QED) is 0.645. The van der Waals surface area contributed by atoms with E-state index in [0.717, 1.165) is 12.0 Å². The predicted octanol–water partition coefficient (Wildman–Crippen LogP) is 3.95. The van der Waals surface area contributed by atoms with E-state index in [-0.39, 0.29) is 5.41 Å². The van der Waals surface area contributed by atoms with Crippen LogP contribution in [-0.4, -0.2) is 0 Å². The molecule has 82 valence electrons. The Hall–Kier alpha value is -1.55. The summed E-state index contributed by atoms with van der Waals surface area (Å²) in [5.41, 5.74) is 3.87.